The lowest BCUT2D eigenvalue weighted by atomic mass is 10.1. The molecule has 0 aromatic heterocycles. The van der Waals surface area contributed by atoms with Gasteiger partial charge in [0.2, 0.25) is 0 Å². The predicted molar refractivity (Wildman–Crippen MR) is 74.7 cm³/mol. The van der Waals surface area contributed by atoms with Crippen molar-refractivity contribution in [1.29, 1.82) is 0 Å². The van der Waals surface area contributed by atoms with Crippen LogP contribution in [0.5, 0.6) is 0 Å². The molecule has 0 aliphatic carbocycles. The van der Waals surface area contributed by atoms with E-state index in [1.165, 1.54) is 4.90 Å². The number of para-hydroxylation sites is 1. The second-order valence-electron chi connectivity index (χ2n) is 5.01. The third-order valence-electron chi connectivity index (χ3n) is 3.63. The molecule has 2 rings (SSSR count). The van der Waals surface area contributed by atoms with Crippen LogP contribution in [0.3, 0.4) is 0 Å². The topological polar surface area (TPSA) is 80.5 Å². The van der Waals surface area contributed by atoms with Gasteiger partial charge in [-0.2, -0.15) is 0 Å². The summed E-state index contributed by atoms with van der Waals surface area (Å²) in [4.78, 5) is 13.9. The Hall–Kier alpha value is -1.56. The van der Waals surface area contributed by atoms with E-state index < -0.39 is 9.84 Å². The summed E-state index contributed by atoms with van der Waals surface area (Å²) < 4.78 is 22.9. The van der Waals surface area contributed by atoms with Crippen LogP contribution in [0.4, 0.5) is 5.69 Å². The molecule has 0 spiro atoms. The molecule has 1 saturated heterocycles. The molecule has 1 atom stereocenters. The summed E-state index contributed by atoms with van der Waals surface area (Å²) in [5.74, 6) is -0.0252. The van der Waals surface area contributed by atoms with E-state index in [1.807, 2.05) is 13.0 Å². The summed E-state index contributed by atoms with van der Waals surface area (Å²) in [6.45, 7) is 1.84. The first-order valence-corrected chi connectivity index (χ1v) is 7.96. The molecule has 1 fully saturated rings. The third-order valence-corrected chi connectivity index (χ3v) is 5.38. The van der Waals surface area contributed by atoms with Gasteiger partial charge in [-0.25, -0.2) is 8.42 Å². The van der Waals surface area contributed by atoms with Crippen LogP contribution in [-0.2, 0) is 9.84 Å². The number of hydrogen-bond acceptors (Lipinski definition) is 4. The summed E-state index contributed by atoms with van der Waals surface area (Å²) in [5, 5.41) is 0. The zero-order valence-electron chi connectivity index (χ0n) is 11.1. The maximum absolute atomic E-state index is 12.4. The van der Waals surface area contributed by atoms with Crippen LogP contribution in [-0.4, -0.2) is 43.8 Å². The van der Waals surface area contributed by atoms with E-state index in [0.717, 1.165) is 5.56 Å². The first kappa shape index (κ1) is 13.9. The van der Waals surface area contributed by atoms with E-state index >= 15 is 0 Å². The molecule has 1 aliphatic heterocycles. The van der Waals surface area contributed by atoms with Gasteiger partial charge in [-0.15, -0.1) is 0 Å². The maximum Gasteiger partial charge on any atom is 0.255 e. The van der Waals surface area contributed by atoms with Crippen LogP contribution < -0.4 is 5.73 Å². The molecule has 2 N–H and O–H groups in total. The number of nitrogen functional groups attached to an aromatic ring is 1. The van der Waals surface area contributed by atoms with Crippen molar-refractivity contribution in [1.82, 2.24) is 4.90 Å². The van der Waals surface area contributed by atoms with E-state index in [4.69, 9.17) is 5.73 Å². The molecule has 0 radical (unpaired) electrons. The highest BCUT2D eigenvalue weighted by Gasteiger charge is 2.33. The molecular weight excluding hydrogens is 264 g/mol. The number of anilines is 1. The van der Waals surface area contributed by atoms with E-state index in [-0.39, 0.29) is 23.5 Å². The van der Waals surface area contributed by atoms with Gasteiger partial charge >= 0.3 is 0 Å². The molecule has 1 aromatic carbocycles. The van der Waals surface area contributed by atoms with Crippen molar-refractivity contribution in [3.63, 3.8) is 0 Å². The number of sulfone groups is 1. The second kappa shape index (κ2) is 4.85. The minimum atomic E-state index is -3.00. The van der Waals surface area contributed by atoms with Crippen molar-refractivity contribution < 1.29 is 13.2 Å². The highest BCUT2D eigenvalue weighted by molar-refractivity contribution is 7.91. The van der Waals surface area contributed by atoms with Gasteiger partial charge in [0.15, 0.2) is 9.84 Å². The molecule has 104 valence electrons. The van der Waals surface area contributed by atoms with Gasteiger partial charge in [-0.1, -0.05) is 12.1 Å². The Kier molecular flexibility index (Phi) is 3.54. The predicted octanol–water partition coefficient (Wildman–Crippen LogP) is 0.836. The molecule has 19 heavy (non-hydrogen) atoms. The zero-order chi connectivity index (χ0) is 14.2. The normalized spacial score (nSPS) is 21.3. The summed E-state index contributed by atoms with van der Waals surface area (Å²) >= 11 is 0. The van der Waals surface area contributed by atoms with Crippen molar-refractivity contribution >= 4 is 21.4 Å². The largest absolute Gasteiger partial charge is 0.398 e. The van der Waals surface area contributed by atoms with Crippen LogP contribution in [0.15, 0.2) is 18.2 Å². The first-order chi connectivity index (χ1) is 8.82. The zero-order valence-corrected chi connectivity index (χ0v) is 11.9. The summed E-state index contributed by atoms with van der Waals surface area (Å²) in [5.41, 5.74) is 7.65. The van der Waals surface area contributed by atoms with Gasteiger partial charge in [-0.3, -0.25) is 4.79 Å². The van der Waals surface area contributed by atoms with Crippen LogP contribution in [0.1, 0.15) is 22.3 Å². The van der Waals surface area contributed by atoms with Crippen LogP contribution in [0.2, 0.25) is 0 Å². The van der Waals surface area contributed by atoms with Gasteiger partial charge in [-0.05, 0) is 25.0 Å². The van der Waals surface area contributed by atoms with Crippen molar-refractivity contribution in [3.05, 3.63) is 29.3 Å². The average molecular weight is 282 g/mol. The highest BCUT2D eigenvalue weighted by Crippen LogP contribution is 2.22. The lowest BCUT2D eigenvalue weighted by Gasteiger charge is -2.24. The Labute approximate surface area is 113 Å². The molecule has 1 unspecified atom stereocenters. The van der Waals surface area contributed by atoms with E-state index in [2.05, 4.69) is 0 Å². The fourth-order valence-corrected chi connectivity index (χ4v) is 4.08. The standard InChI is InChI=1S/C13H18N2O3S/c1-9-4-3-5-11(12(9)14)13(16)15(2)10-6-7-19(17,18)8-10/h3-5,10H,6-8,14H2,1-2H3. The minimum Gasteiger partial charge on any atom is -0.398 e. The number of benzene rings is 1. The Balaban J connectivity index is 2.23. The summed E-state index contributed by atoms with van der Waals surface area (Å²) in [6, 6.07) is 5.03. The van der Waals surface area contributed by atoms with Crippen LogP contribution in [0.25, 0.3) is 0 Å². The van der Waals surface area contributed by atoms with Crippen molar-refractivity contribution in [2.45, 2.75) is 19.4 Å². The average Bonchev–Trinajstić information content (AvgIpc) is 2.71. The van der Waals surface area contributed by atoms with E-state index in [1.54, 1.807) is 19.2 Å². The number of carbonyl (C=O) groups is 1. The van der Waals surface area contributed by atoms with Gasteiger partial charge in [0.05, 0.1) is 17.1 Å². The number of nitrogens with zero attached hydrogens (tertiary/aromatic N) is 1. The molecular formula is C13H18N2O3S. The first-order valence-electron chi connectivity index (χ1n) is 6.14. The van der Waals surface area contributed by atoms with Gasteiger partial charge in [0.1, 0.15) is 0 Å². The number of nitrogens with two attached hydrogens (primary N) is 1. The van der Waals surface area contributed by atoms with Gasteiger partial charge in [0, 0.05) is 18.8 Å². The van der Waals surface area contributed by atoms with Crippen molar-refractivity contribution in [2.75, 3.05) is 24.3 Å². The van der Waals surface area contributed by atoms with Gasteiger partial charge in [0.25, 0.3) is 5.91 Å². The monoisotopic (exact) mass is 282 g/mol. The minimum absolute atomic E-state index is 0.0426. The van der Waals surface area contributed by atoms with Crippen LogP contribution in [0, 0.1) is 6.92 Å². The van der Waals surface area contributed by atoms with Crippen molar-refractivity contribution in [2.24, 2.45) is 0 Å². The quantitative estimate of drug-likeness (QED) is 0.815. The highest BCUT2D eigenvalue weighted by atomic mass is 32.2. The SMILES string of the molecule is Cc1cccc(C(=O)N(C)C2CCS(=O)(=O)C2)c1N. The summed E-state index contributed by atoms with van der Waals surface area (Å²) in [7, 11) is -1.37. The molecule has 1 aromatic rings. The second-order valence-corrected chi connectivity index (χ2v) is 7.24. The molecule has 1 aliphatic rings. The number of hydrogen-bond donors (Lipinski definition) is 1. The molecule has 1 heterocycles. The fraction of sp³-hybridized carbons (Fsp3) is 0.462. The van der Waals surface area contributed by atoms with Crippen molar-refractivity contribution in [3.8, 4) is 0 Å². The Bertz CT molecular complexity index is 610. The molecule has 0 saturated carbocycles. The lowest BCUT2D eigenvalue weighted by Crippen LogP contribution is -2.38. The van der Waals surface area contributed by atoms with Crippen LogP contribution >= 0.6 is 0 Å². The smallest absolute Gasteiger partial charge is 0.255 e. The fourth-order valence-electron chi connectivity index (χ4n) is 2.30. The lowest BCUT2D eigenvalue weighted by molar-refractivity contribution is 0.0748. The van der Waals surface area contributed by atoms with E-state index in [0.29, 0.717) is 17.7 Å². The maximum atomic E-state index is 12.4. The van der Waals surface area contributed by atoms with Gasteiger partial charge < -0.3 is 10.6 Å². The Morgan fingerprint density at radius 1 is 1.42 bits per heavy atom. The summed E-state index contributed by atoms with van der Waals surface area (Å²) in [6.07, 6.45) is 0.496. The number of aryl methyl sites for hydroxylation is 1. The number of amides is 1. The third kappa shape index (κ3) is 2.73. The molecule has 5 nitrogen and oxygen atoms in total. The number of rotatable bonds is 2. The molecule has 6 heteroatoms. The van der Waals surface area contributed by atoms with E-state index in [9.17, 15) is 13.2 Å². The Morgan fingerprint density at radius 2 is 2.11 bits per heavy atom. The molecule has 1 amide bonds. The molecule has 0 bridgehead atoms. The number of carbonyl (C=O) groups excluding carboxylic acids is 1. The Morgan fingerprint density at radius 3 is 2.68 bits per heavy atom.